The minimum Gasteiger partial charge on any atom is -0.493 e. The fourth-order valence-electron chi connectivity index (χ4n) is 3.72. The number of hydrogen-bond donors (Lipinski definition) is 0. The third-order valence-corrected chi connectivity index (χ3v) is 5.49. The van der Waals surface area contributed by atoms with Crippen molar-refractivity contribution in [2.24, 2.45) is 0 Å². The van der Waals surface area contributed by atoms with Crippen LogP contribution in [0.25, 0.3) is 6.08 Å². The van der Waals surface area contributed by atoms with E-state index in [4.69, 9.17) is 28.4 Å². The zero-order valence-electron chi connectivity index (χ0n) is 18.9. The van der Waals surface area contributed by atoms with E-state index in [1.807, 2.05) is 0 Å². The molecule has 4 rings (SSSR count). The number of morpholine rings is 1. The molecular formula is C24H25NO8. The molecule has 2 heterocycles. The average molecular weight is 455 g/mol. The van der Waals surface area contributed by atoms with Gasteiger partial charge in [0, 0.05) is 18.7 Å². The molecular weight excluding hydrogens is 430 g/mol. The number of allylic oxidation sites excluding steroid dienone is 1. The van der Waals surface area contributed by atoms with Crippen LogP contribution >= 0.6 is 0 Å². The van der Waals surface area contributed by atoms with Gasteiger partial charge in [-0.3, -0.25) is 4.79 Å². The zero-order chi connectivity index (χ0) is 23.5. The van der Waals surface area contributed by atoms with E-state index < -0.39 is 6.09 Å². The van der Waals surface area contributed by atoms with Gasteiger partial charge in [0.25, 0.3) is 0 Å². The third kappa shape index (κ3) is 4.31. The Morgan fingerprint density at radius 3 is 2.27 bits per heavy atom. The Hall–Kier alpha value is -3.72. The van der Waals surface area contributed by atoms with E-state index in [0.29, 0.717) is 71.7 Å². The number of nitrogens with zero attached hydrogens (tertiary/aromatic N) is 1. The molecule has 2 aromatic rings. The number of ketones is 1. The van der Waals surface area contributed by atoms with Crippen molar-refractivity contribution in [3.63, 3.8) is 0 Å². The van der Waals surface area contributed by atoms with Crippen LogP contribution in [0.1, 0.15) is 21.5 Å². The van der Waals surface area contributed by atoms with E-state index >= 15 is 0 Å². The molecule has 0 spiro atoms. The highest BCUT2D eigenvalue weighted by atomic mass is 16.6. The number of rotatable bonds is 5. The summed E-state index contributed by atoms with van der Waals surface area (Å²) in [7, 11) is 4.56. The molecule has 0 N–H and O–H groups in total. The summed E-state index contributed by atoms with van der Waals surface area (Å²) in [6.45, 7) is 3.64. The zero-order valence-corrected chi connectivity index (χ0v) is 18.9. The van der Waals surface area contributed by atoms with Gasteiger partial charge in [-0.15, -0.1) is 0 Å². The predicted molar refractivity (Wildman–Crippen MR) is 119 cm³/mol. The van der Waals surface area contributed by atoms with Crippen molar-refractivity contribution in [2.45, 2.75) is 6.92 Å². The van der Waals surface area contributed by atoms with Crippen LogP contribution in [0.3, 0.4) is 0 Å². The summed E-state index contributed by atoms with van der Waals surface area (Å²) in [5, 5.41) is 0. The van der Waals surface area contributed by atoms with Gasteiger partial charge in [-0.2, -0.15) is 0 Å². The van der Waals surface area contributed by atoms with Crippen molar-refractivity contribution < 1.29 is 38.0 Å². The van der Waals surface area contributed by atoms with Crippen molar-refractivity contribution in [3.8, 4) is 28.7 Å². The Bertz CT molecular complexity index is 1090. The van der Waals surface area contributed by atoms with Crippen molar-refractivity contribution in [2.75, 3.05) is 47.6 Å². The molecule has 0 aliphatic carbocycles. The summed E-state index contributed by atoms with van der Waals surface area (Å²) < 4.78 is 32.8. The minimum atomic E-state index is -0.459. The summed E-state index contributed by atoms with van der Waals surface area (Å²) in [4.78, 5) is 27.0. The molecule has 2 aromatic carbocycles. The first kappa shape index (κ1) is 22.5. The van der Waals surface area contributed by atoms with Gasteiger partial charge in [-0.05, 0) is 42.8 Å². The first-order chi connectivity index (χ1) is 16.0. The molecule has 9 heteroatoms. The second kappa shape index (κ2) is 9.41. The molecule has 1 amide bonds. The highest BCUT2D eigenvalue weighted by Gasteiger charge is 2.31. The molecule has 174 valence electrons. The second-order valence-corrected chi connectivity index (χ2v) is 7.43. The number of carbonyl (C=O) groups excluding carboxylic acids is 2. The van der Waals surface area contributed by atoms with Gasteiger partial charge in [0.05, 0.1) is 40.1 Å². The minimum absolute atomic E-state index is 0.138. The summed E-state index contributed by atoms with van der Waals surface area (Å²) >= 11 is 0. The molecule has 0 bridgehead atoms. The van der Waals surface area contributed by atoms with Crippen LogP contribution in [0.5, 0.6) is 28.7 Å². The molecule has 2 aliphatic rings. The predicted octanol–water partition coefficient (Wildman–Crippen LogP) is 3.47. The molecule has 0 radical (unpaired) electrons. The maximum absolute atomic E-state index is 13.0. The standard InChI is InChI=1S/C24H25NO8/c1-14-17(33-24(27)25-7-9-31-10-8-25)6-5-16-21(26)18(32-22(14)16)11-15-12-19(28-2)23(30-4)20(13-15)29-3/h5-6,11-13H,7-10H2,1-4H3/b18-11-. The number of fused-ring (bicyclic) bond motifs is 1. The molecule has 2 aliphatic heterocycles. The van der Waals surface area contributed by atoms with E-state index in [1.165, 1.54) is 21.3 Å². The van der Waals surface area contributed by atoms with E-state index in [2.05, 4.69) is 0 Å². The van der Waals surface area contributed by atoms with Gasteiger partial charge in [-0.25, -0.2) is 4.79 Å². The normalized spacial score (nSPS) is 16.3. The molecule has 1 saturated heterocycles. The van der Waals surface area contributed by atoms with Crippen LogP contribution in [0, 0.1) is 6.92 Å². The average Bonchev–Trinajstić information content (AvgIpc) is 3.16. The highest BCUT2D eigenvalue weighted by Crippen LogP contribution is 2.41. The van der Waals surface area contributed by atoms with E-state index in [-0.39, 0.29) is 11.5 Å². The van der Waals surface area contributed by atoms with Gasteiger partial charge in [0.2, 0.25) is 11.5 Å². The van der Waals surface area contributed by atoms with Crippen LogP contribution in [0.15, 0.2) is 30.0 Å². The number of ether oxygens (including phenoxy) is 6. The first-order valence-electron chi connectivity index (χ1n) is 10.4. The van der Waals surface area contributed by atoms with Crippen molar-refractivity contribution in [1.82, 2.24) is 4.90 Å². The molecule has 33 heavy (non-hydrogen) atoms. The van der Waals surface area contributed by atoms with Gasteiger partial charge < -0.3 is 33.3 Å². The van der Waals surface area contributed by atoms with Gasteiger partial charge >= 0.3 is 6.09 Å². The topological polar surface area (TPSA) is 92.8 Å². The van der Waals surface area contributed by atoms with Gasteiger partial charge in [0.1, 0.15) is 11.5 Å². The van der Waals surface area contributed by atoms with Crippen LogP contribution in [-0.2, 0) is 4.74 Å². The number of methoxy groups -OCH3 is 3. The quantitative estimate of drug-likeness (QED) is 0.633. The Morgan fingerprint density at radius 2 is 1.67 bits per heavy atom. The second-order valence-electron chi connectivity index (χ2n) is 7.43. The largest absolute Gasteiger partial charge is 0.493 e. The Balaban J connectivity index is 1.60. The maximum atomic E-state index is 13.0. The van der Waals surface area contributed by atoms with Crippen LogP contribution in [0.2, 0.25) is 0 Å². The molecule has 0 saturated carbocycles. The third-order valence-electron chi connectivity index (χ3n) is 5.49. The van der Waals surface area contributed by atoms with Crippen LogP contribution in [-0.4, -0.2) is 64.4 Å². The van der Waals surface area contributed by atoms with Gasteiger partial charge in [-0.1, -0.05) is 0 Å². The fourth-order valence-corrected chi connectivity index (χ4v) is 3.72. The molecule has 0 atom stereocenters. The van der Waals surface area contributed by atoms with Crippen molar-refractivity contribution in [1.29, 1.82) is 0 Å². The molecule has 0 aromatic heterocycles. The van der Waals surface area contributed by atoms with Gasteiger partial charge in [0.15, 0.2) is 17.3 Å². The lowest BCUT2D eigenvalue weighted by Crippen LogP contribution is -2.42. The lowest BCUT2D eigenvalue weighted by molar-refractivity contribution is 0.0415. The lowest BCUT2D eigenvalue weighted by Gasteiger charge is -2.26. The lowest BCUT2D eigenvalue weighted by atomic mass is 10.1. The fraction of sp³-hybridized carbons (Fsp3) is 0.333. The molecule has 1 fully saturated rings. The Kier molecular flexibility index (Phi) is 6.41. The Labute approximate surface area is 191 Å². The van der Waals surface area contributed by atoms with Crippen molar-refractivity contribution in [3.05, 3.63) is 46.7 Å². The number of benzene rings is 2. The number of hydrogen-bond acceptors (Lipinski definition) is 8. The van der Waals surface area contributed by atoms with E-state index in [9.17, 15) is 9.59 Å². The van der Waals surface area contributed by atoms with E-state index in [1.54, 1.807) is 42.2 Å². The van der Waals surface area contributed by atoms with Crippen LogP contribution in [0.4, 0.5) is 4.79 Å². The van der Waals surface area contributed by atoms with E-state index in [0.717, 1.165) is 0 Å². The number of amides is 1. The first-order valence-corrected chi connectivity index (χ1v) is 10.4. The summed E-state index contributed by atoms with van der Waals surface area (Å²) in [5.41, 5.74) is 1.60. The smallest absolute Gasteiger partial charge is 0.415 e. The number of carbonyl (C=O) groups is 2. The molecule has 9 nitrogen and oxygen atoms in total. The summed E-state index contributed by atoms with van der Waals surface area (Å²) in [6.07, 6.45) is 1.14. The SMILES string of the molecule is COc1cc(/C=C2\Oc3c(ccc(OC(=O)N4CCOCC4)c3C)C2=O)cc(OC)c1OC. The molecule has 0 unspecified atom stereocenters. The highest BCUT2D eigenvalue weighted by molar-refractivity contribution is 6.15. The summed E-state index contributed by atoms with van der Waals surface area (Å²) in [5.74, 6) is 1.94. The summed E-state index contributed by atoms with van der Waals surface area (Å²) in [6, 6.07) is 6.64. The van der Waals surface area contributed by atoms with Crippen LogP contribution < -0.4 is 23.7 Å². The maximum Gasteiger partial charge on any atom is 0.415 e. The monoisotopic (exact) mass is 455 g/mol. The number of Topliss-reactive ketones (excluding diaryl/α,β-unsaturated/α-hetero) is 1. The van der Waals surface area contributed by atoms with Crippen molar-refractivity contribution >= 4 is 18.0 Å². The Morgan fingerprint density at radius 1 is 1.00 bits per heavy atom.